The van der Waals surface area contributed by atoms with Gasteiger partial charge in [0.25, 0.3) is 0 Å². The van der Waals surface area contributed by atoms with Gasteiger partial charge in [0.15, 0.2) is 0 Å². The summed E-state index contributed by atoms with van der Waals surface area (Å²) in [6.07, 6.45) is 2.81. The normalized spacial score (nSPS) is 12.6. The van der Waals surface area contributed by atoms with Gasteiger partial charge in [-0.2, -0.15) is 0 Å². The van der Waals surface area contributed by atoms with E-state index >= 15 is 0 Å². The van der Waals surface area contributed by atoms with Gasteiger partial charge >= 0.3 is 0 Å². The molecule has 0 unspecified atom stereocenters. The number of anilines is 1. The fraction of sp³-hybridized carbons (Fsp3) is 0.316. The number of hydrogen-bond acceptors (Lipinski definition) is 4. The molecule has 1 amide bonds. The first-order valence-corrected chi connectivity index (χ1v) is 11.0. The third-order valence-corrected chi connectivity index (χ3v) is 6.35. The van der Waals surface area contributed by atoms with Crippen molar-refractivity contribution in [2.75, 3.05) is 11.6 Å². The molecule has 140 valence electrons. The predicted molar refractivity (Wildman–Crippen MR) is 107 cm³/mol. The molecule has 1 atom stereocenters. The summed E-state index contributed by atoms with van der Waals surface area (Å²) in [5, 5.41) is 2.68. The Kier molecular flexibility index (Phi) is 6.86. The lowest BCUT2D eigenvalue weighted by molar-refractivity contribution is -0.114. The number of carbonyl (C=O) groups is 1. The zero-order chi connectivity index (χ0) is 19.3. The highest BCUT2D eigenvalue weighted by Crippen LogP contribution is 2.29. The van der Waals surface area contributed by atoms with Crippen LogP contribution in [0.2, 0.25) is 0 Å². The molecule has 0 spiro atoms. The van der Waals surface area contributed by atoms with Crippen LogP contribution in [0.4, 0.5) is 5.69 Å². The number of rotatable bonds is 7. The molecule has 2 rings (SSSR count). The van der Waals surface area contributed by atoms with Crippen LogP contribution in [0.15, 0.2) is 52.3 Å². The fourth-order valence-corrected chi connectivity index (χ4v) is 4.34. The van der Waals surface area contributed by atoms with E-state index < -0.39 is 10.0 Å². The molecule has 2 N–H and O–H groups in total. The average molecular weight is 393 g/mol. The molecular formula is C19H24N2O3S2. The first-order valence-electron chi connectivity index (χ1n) is 8.33. The van der Waals surface area contributed by atoms with Gasteiger partial charge in [-0.05, 0) is 48.9 Å². The maximum Gasteiger partial charge on any atom is 0.241 e. The Morgan fingerprint density at radius 2 is 1.81 bits per heavy atom. The summed E-state index contributed by atoms with van der Waals surface area (Å²) in [5.74, 6) is -0.243. The van der Waals surface area contributed by atoms with Gasteiger partial charge in [0, 0.05) is 17.9 Å². The Hall–Kier alpha value is -1.83. The number of benzene rings is 2. The van der Waals surface area contributed by atoms with Gasteiger partial charge in [-0.25, -0.2) is 13.1 Å². The standard InChI is InChI=1S/C19H24N2O3S2/c1-5-15-6-8-16(9-7-15)13(2)21-26(23,24)17-10-11-19(25-4)18(12-17)20-14(3)22/h6-13,21H,5H2,1-4H3,(H,20,22)/t13-/m1/s1. The van der Waals surface area contributed by atoms with Crippen molar-refractivity contribution in [3.63, 3.8) is 0 Å². The summed E-state index contributed by atoms with van der Waals surface area (Å²) >= 11 is 1.44. The Balaban J connectivity index is 2.26. The number of amides is 1. The Morgan fingerprint density at radius 3 is 2.35 bits per heavy atom. The van der Waals surface area contributed by atoms with Crippen LogP contribution >= 0.6 is 11.8 Å². The van der Waals surface area contributed by atoms with Crippen LogP contribution in [-0.2, 0) is 21.2 Å². The monoisotopic (exact) mass is 392 g/mol. The Morgan fingerprint density at radius 1 is 1.15 bits per heavy atom. The van der Waals surface area contributed by atoms with Crippen molar-refractivity contribution in [2.24, 2.45) is 0 Å². The van der Waals surface area contributed by atoms with E-state index in [0.717, 1.165) is 16.9 Å². The molecule has 7 heteroatoms. The molecule has 0 radical (unpaired) electrons. The zero-order valence-corrected chi connectivity index (χ0v) is 17.0. The van der Waals surface area contributed by atoms with Crippen molar-refractivity contribution in [3.8, 4) is 0 Å². The minimum absolute atomic E-state index is 0.121. The summed E-state index contributed by atoms with van der Waals surface area (Å²) in [7, 11) is -3.72. The molecule has 5 nitrogen and oxygen atoms in total. The zero-order valence-electron chi connectivity index (χ0n) is 15.4. The van der Waals surface area contributed by atoms with Crippen molar-refractivity contribution < 1.29 is 13.2 Å². The molecule has 0 aromatic heterocycles. The molecule has 2 aromatic rings. The molecule has 0 saturated carbocycles. The molecule has 0 aliphatic carbocycles. The number of carbonyl (C=O) groups excluding carboxylic acids is 1. The molecule has 0 aliphatic rings. The van der Waals surface area contributed by atoms with E-state index in [0.29, 0.717) is 5.69 Å². The van der Waals surface area contributed by atoms with Gasteiger partial charge < -0.3 is 5.32 Å². The second-order valence-corrected chi connectivity index (χ2v) is 8.54. The molecule has 0 heterocycles. The summed E-state index contributed by atoms with van der Waals surface area (Å²) in [6.45, 7) is 5.28. The van der Waals surface area contributed by atoms with Gasteiger partial charge in [0.1, 0.15) is 0 Å². The number of aryl methyl sites for hydroxylation is 1. The number of nitrogens with one attached hydrogen (secondary N) is 2. The lowest BCUT2D eigenvalue weighted by Crippen LogP contribution is -2.27. The predicted octanol–water partition coefficient (Wildman–Crippen LogP) is 3.97. The van der Waals surface area contributed by atoms with Crippen LogP contribution in [0.25, 0.3) is 0 Å². The van der Waals surface area contributed by atoms with Crippen molar-refractivity contribution in [1.82, 2.24) is 4.72 Å². The maximum atomic E-state index is 12.7. The van der Waals surface area contributed by atoms with Crippen LogP contribution in [0, 0.1) is 0 Å². The van der Waals surface area contributed by atoms with Crippen LogP contribution in [0.3, 0.4) is 0 Å². The molecule has 0 aliphatic heterocycles. The van der Waals surface area contributed by atoms with Crippen LogP contribution in [0.1, 0.15) is 37.9 Å². The summed E-state index contributed by atoms with van der Waals surface area (Å²) in [6, 6.07) is 12.2. The van der Waals surface area contributed by atoms with Gasteiger partial charge in [0.2, 0.25) is 15.9 Å². The highest BCUT2D eigenvalue weighted by molar-refractivity contribution is 7.98. The lowest BCUT2D eigenvalue weighted by atomic mass is 10.1. The summed E-state index contributed by atoms with van der Waals surface area (Å²) in [4.78, 5) is 12.3. The number of sulfonamides is 1. The maximum absolute atomic E-state index is 12.7. The van der Waals surface area contributed by atoms with Crippen LogP contribution < -0.4 is 10.0 Å². The first kappa shape index (κ1) is 20.5. The third-order valence-electron chi connectivity index (χ3n) is 4.01. The fourth-order valence-electron chi connectivity index (χ4n) is 2.55. The van der Waals surface area contributed by atoms with E-state index in [4.69, 9.17) is 0 Å². The number of thioether (sulfide) groups is 1. The van der Waals surface area contributed by atoms with E-state index in [1.54, 1.807) is 12.1 Å². The second kappa shape index (κ2) is 8.70. The molecular weight excluding hydrogens is 368 g/mol. The quantitative estimate of drug-likeness (QED) is 0.699. The molecule has 0 fully saturated rings. The highest BCUT2D eigenvalue weighted by atomic mass is 32.2. The Bertz CT molecular complexity index is 878. The van der Waals surface area contributed by atoms with Crippen molar-refractivity contribution in [3.05, 3.63) is 53.6 Å². The van der Waals surface area contributed by atoms with Gasteiger partial charge in [-0.1, -0.05) is 31.2 Å². The van der Waals surface area contributed by atoms with Crippen LogP contribution in [0.5, 0.6) is 0 Å². The van der Waals surface area contributed by atoms with E-state index in [1.165, 1.54) is 30.3 Å². The molecule has 0 saturated heterocycles. The van der Waals surface area contributed by atoms with Gasteiger partial charge in [0.05, 0.1) is 10.6 Å². The highest BCUT2D eigenvalue weighted by Gasteiger charge is 2.20. The molecule has 2 aromatic carbocycles. The number of hydrogen-bond donors (Lipinski definition) is 2. The molecule has 26 heavy (non-hydrogen) atoms. The third kappa shape index (κ3) is 5.09. The van der Waals surface area contributed by atoms with E-state index in [9.17, 15) is 13.2 Å². The Labute approximate surface area is 159 Å². The van der Waals surface area contributed by atoms with E-state index in [-0.39, 0.29) is 16.8 Å². The van der Waals surface area contributed by atoms with Crippen molar-refractivity contribution in [1.29, 1.82) is 0 Å². The average Bonchev–Trinajstić information content (AvgIpc) is 2.60. The topological polar surface area (TPSA) is 75.3 Å². The van der Waals surface area contributed by atoms with Gasteiger partial charge in [-0.3, -0.25) is 4.79 Å². The minimum atomic E-state index is -3.72. The lowest BCUT2D eigenvalue weighted by Gasteiger charge is -2.16. The summed E-state index contributed by atoms with van der Waals surface area (Å²) < 4.78 is 28.2. The van der Waals surface area contributed by atoms with Gasteiger partial charge in [-0.15, -0.1) is 11.8 Å². The van der Waals surface area contributed by atoms with E-state index in [1.807, 2.05) is 37.4 Å². The summed E-state index contributed by atoms with van der Waals surface area (Å²) in [5.41, 5.74) is 2.60. The largest absolute Gasteiger partial charge is 0.325 e. The first-order chi connectivity index (χ1) is 12.3. The SMILES string of the molecule is CCc1ccc([C@@H](C)NS(=O)(=O)c2ccc(SC)c(NC(C)=O)c2)cc1. The second-order valence-electron chi connectivity index (χ2n) is 5.98. The minimum Gasteiger partial charge on any atom is -0.325 e. The smallest absolute Gasteiger partial charge is 0.241 e. The van der Waals surface area contributed by atoms with Crippen molar-refractivity contribution in [2.45, 2.75) is 43.0 Å². The van der Waals surface area contributed by atoms with Crippen LogP contribution in [-0.4, -0.2) is 20.6 Å². The van der Waals surface area contributed by atoms with E-state index in [2.05, 4.69) is 17.0 Å². The van der Waals surface area contributed by atoms with Crippen molar-refractivity contribution >= 4 is 33.4 Å². The molecule has 0 bridgehead atoms.